The highest BCUT2D eigenvalue weighted by atomic mass is 32.2. The highest BCUT2D eigenvalue weighted by Gasteiger charge is 2.33. The van der Waals surface area contributed by atoms with Gasteiger partial charge in [-0.25, -0.2) is 8.42 Å². The van der Waals surface area contributed by atoms with Gasteiger partial charge in [0.1, 0.15) is 4.21 Å². The van der Waals surface area contributed by atoms with Crippen molar-refractivity contribution < 1.29 is 8.42 Å². The third kappa shape index (κ3) is 4.04. The van der Waals surface area contributed by atoms with E-state index in [2.05, 4.69) is 26.1 Å². The van der Waals surface area contributed by atoms with Gasteiger partial charge in [0.15, 0.2) is 0 Å². The lowest BCUT2D eigenvalue weighted by atomic mass is 9.88. The van der Waals surface area contributed by atoms with Crippen LogP contribution in [-0.2, 0) is 16.6 Å². The van der Waals surface area contributed by atoms with E-state index in [-0.39, 0.29) is 11.5 Å². The van der Waals surface area contributed by atoms with Crippen LogP contribution in [0.15, 0.2) is 16.3 Å². The molecule has 0 radical (unpaired) electrons. The van der Waals surface area contributed by atoms with E-state index in [1.807, 2.05) is 19.9 Å². The minimum absolute atomic E-state index is 0.0631. The summed E-state index contributed by atoms with van der Waals surface area (Å²) in [5.74, 6) is 0. The maximum atomic E-state index is 12.6. The molecule has 0 spiro atoms. The Morgan fingerprint density at radius 3 is 2.45 bits per heavy atom. The van der Waals surface area contributed by atoms with Gasteiger partial charge in [0.05, 0.1) is 0 Å². The number of hydrogen-bond donors (Lipinski definition) is 1. The van der Waals surface area contributed by atoms with E-state index in [1.54, 1.807) is 13.1 Å². The minimum atomic E-state index is -3.40. The zero-order chi connectivity index (χ0) is 15.6. The van der Waals surface area contributed by atoms with Crippen molar-refractivity contribution in [1.29, 1.82) is 0 Å². The normalized spacial score (nSPS) is 14.8. The summed E-state index contributed by atoms with van der Waals surface area (Å²) < 4.78 is 27.1. The molecule has 20 heavy (non-hydrogen) atoms. The van der Waals surface area contributed by atoms with E-state index >= 15 is 0 Å². The molecule has 1 heterocycles. The second kappa shape index (κ2) is 6.56. The van der Waals surface area contributed by atoms with Gasteiger partial charge in [-0.2, -0.15) is 4.31 Å². The number of sulfonamides is 1. The van der Waals surface area contributed by atoms with Crippen molar-refractivity contribution in [2.45, 2.75) is 51.4 Å². The zero-order valence-corrected chi connectivity index (χ0v) is 14.9. The second-order valence-corrected chi connectivity index (χ2v) is 9.46. The van der Waals surface area contributed by atoms with E-state index < -0.39 is 10.0 Å². The Morgan fingerprint density at radius 2 is 1.95 bits per heavy atom. The van der Waals surface area contributed by atoms with Crippen LogP contribution in [0, 0.1) is 5.41 Å². The first kappa shape index (κ1) is 17.6. The molecule has 1 atom stereocenters. The number of hydrogen-bond acceptors (Lipinski definition) is 4. The molecule has 6 heteroatoms. The van der Waals surface area contributed by atoms with Gasteiger partial charge in [-0.3, -0.25) is 0 Å². The van der Waals surface area contributed by atoms with Crippen LogP contribution in [0.4, 0.5) is 0 Å². The summed E-state index contributed by atoms with van der Waals surface area (Å²) >= 11 is 1.34. The van der Waals surface area contributed by atoms with Gasteiger partial charge in [-0.1, -0.05) is 27.7 Å². The fourth-order valence-corrected chi connectivity index (χ4v) is 4.79. The Balaban J connectivity index is 2.96. The Hall–Kier alpha value is -0.430. The monoisotopic (exact) mass is 318 g/mol. The molecular weight excluding hydrogens is 292 g/mol. The Labute approximate surface area is 127 Å². The van der Waals surface area contributed by atoms with Crippen LogP contribution in [0.2, 0.25) is 0 Å². The van der Waals surface area contributed by atoms with Gasteiger partial charge in [0, 0.05) is 24.5 Å². The predicted octanol–water partition coefficient (Wildman–Crippen LogP) is 2.91. The summed E-state index contributed by atoms with van der Waals surface area (Å²) in [5, 5.41) is 3.21. The largest absolute Gasteiger partial charge is 0.312 e. The Bertz CT molecular complexity index is 530. The molecule has 0 aliphatic carbocycles. The van der Waals surface area contributed by atoms with Crippen LogP contribution in [0.5, 0.6) is 0 Å². The van der Waals surface area contributed by atoms with Crippen molar-refractivity contribution >= 4 is 21.4 Å². The molecule has 4 nitrogen and oxygen atoms in total. The third-order valence-electron chi connectivity index (χ3n) is 3.62. The minimum Gasteiger partial charge on any atom is -0.312 e. The highest BCUT2D eigenvalue weighted by molar-refractivity contribution is 7.91. The molecule has 1 rings (SSSR count). The first-order valence-corrected chi connectivity index (χ1v) is 9.13. The molecule has 0 bridgehead atoms. The maximum Gasteiger partial charge on any atom is 0.252 e. The van der Waals surface area contributed by atoms with Gasteiger partial charge in [0.25, 0.3) is 10.0 Å². The first-order chi connectivity index (χ1) is 9.10. The summed E-state index contributed by atoms with van der Waals surface area (Å²) in [6.07, 6.45) is 0. The lowest BCUT2D eigenvalue weighted by Gasteiger charge is -2.34. The van der Waals surface area contributed by atoms with Crippen molar-refractivity contribution in [3.05, 3.63) is 17.0 Å². The highest BCUT2D eigenvalue weighted by Crippen LogP contribution is 2.30. The van der Waals surface area contributed by atoms with Crippen molar-refractivity contribution in [2.75, 3.05) is 13.6 Å². The van der Waals surface area contributed by atoms with Crippen molar-refractivity contribution in [3.8, 4) is 0 Å². The summed E-state index contributed by atoms with van der Waals surface area (Å²) in [7, 11) is -1.74. The summed E-state index contributed by atoms with van der Waals surface area (Å²) in [6, 6.07) is 3.53. The van der Waals surface area contributed by atoms with Crippen molar-refractivity contribution in [3.63, 3.8) is 0 Å². The number of nitrogens with one attached hydrogen (secondary N) is 1. The molecular formula is C14H26N2O2S2. The standard InChI is InChI=1S/C14H26N2O2S2/c1-7-15-10-12-8-9-13(19-12)20(17,18)16(6)11(2)14(3,4)5/h8-9,11,15H,7,10H2,1-6H3. The molecule has 0 saturated heterocycles. The number of thiophene rings is 1. The van der Waals surface area contributed by atoms with Crippen LogP contribution in [0.25, 0.3) is 0 Å². The van der Waals surface area contributed by atoms with Crippen molar-refractivity contribution in [1.82, 2.24) is 9.62 Å². The Kier molecular flexibility index (Phi) is 5.78. The maximum absolute atomic E-state index is 12.6. The third-order valence-corrected chi connectivity index (χ3v) is 7.10. The van der Waals surface area contributed by atoms with Crippen molar-refractivity contribution in [2.24, 2.45) is 5.41 Å². The lowest BCUT2D eigenvalue weighted by Crippen LogP contribution is -2.42. The summed E-state index contributed by atoms with van der Waals surface area (Å²) in [5.41, 5.74) is -0.0916. The lowest BCUT2D eigenvalue weighted by molar-refractivity contribution is 0.217. The van der Waals surface area contributed by atoms with Crippen LogP contribution < -0.4 is 5.32 Å². The fraction of sp³-hybridized carbons (Fsp3) is 0.714. The SMILES string of the molecule is CCNCc1ccc(S(=O)(=O)N(C)C(C)C(C)(C)C)s1. The second-order valence-electron chi connectivity index (χ2n) is 6.06. The van der Waals surface area contributed by atoms with Crippen LogP contribution in [0.1, 0.15) is 39.5 Å². The molecule has 0 aliphatic heterocycles. The molecule has 1 aromatic rings. The molecule has 1 unspecified atom stereocenters. The van der Waals surface area contributed by atoms with Gasteiger partial charge < -0.3 is 5.32 Å². The number of rotatable bonds is 6. The molecule has 116 valence electrons. The molecule has 0 aromatic carbocycles. The molecule has 0 saturated carbocycles. The van der Waals surface area contributed by atoms with Crippen LogP contribution in [0.3, 0.4) is 0 Å². The molecule has 1 N–H and O–H groups in total. The molecule has 0 amide bonds. The van der Waals surface area contributed by atoms with Gasteiger partial charge in [-0.15, -0.1) is 11.3 Å². The Morgan fingerprint density at radius 1 is 1.35 bits per heavy atom. The van der Waals surface area contributed by atoms with E-state index in [4.69, 9.17) is 0 Å². The van der Waals surface area contributed by atoms with Crippen LogP contribution in [-0.4, -0.2) is 32.4 Å². The predicted molar refractivity (Wildman–Crippen MR) is 85.6 cm³/mol. The summed E-state index contributed by atoms with van der Waals surface area (Å²) in [4.78, 5) is 1.04. The van der Waals surface area contributed by atoms with Gasteiger partial charge >= 0.3 is 0 Å². The smallest absolute Gasteiger partial charge is 0.252 e. The zero-order valence-electron chi connectivity index (χ0n) is 13.2. The average Bonchev–Trinajstić information content (AvgIpc) is 2.82. The van der Waals surface area contributed by atoms with E-state index in [1.165, 1.54) is 15.6 Å². The van der Waals surface area contributed by atoms with Gasteiger partial charge in [-0.05, 0) is 31.0 Å². The van der Waals surface area contributed by atoms with Crippen LogP contribution >= 0.6 is 11.3 Å². The van der Waals surface area contributed by atoms with E-state index in [0.29, 0.717) is 4.21 Å². The topological polar surface area (TPSA) is 49.4 Å². The summed E-state index contributed by atoms with van der Waals surface area (Å²) in [6.45, 7) is 11.7. The number of nitrogens with zero attached hydrogens (tertiary/aromatic N) is 1. The van der Waals surface area contributed by atoms with Gasteiger partial charge in [0.2, 0.25) is 0 Å². The van der Waals surface area contributed by atoms with E-state index in [0.717, 1.165) is 18.0 Å². The quantitative estimate of drug-likeness (QED) is 0.877. The molecule has 0 aliphatic rings. The fourth-order valence-electron chi connectivity index (χ4n) is 1.74. The average molecular weight is 319 g/mol. The van der Waals surface area contributed by atoms with E-state index in [9.17, 15) is 8.42 Å². The first-order valence-electron chi connectivity index (χ1n) is 6.88. The molecule has 1 aromatic heterocycles. The molecule has 0 fully saturated rings.